The Morgan fingerprint density at radius 3 is 2.40 bits per heavy atom. The molecule has 0 spiro atoms. The van der Waals surface area contributed by atoms with Gasteiger partial charge >= 0.3 is 0 Å². The molecule has 134 valence electrons. The Labute approximate surface area is 155 Å². The molecule has 2 aliphatic carbocycles. The average molecular weight is 358 g/mol. The summed E-state index contributed by atoms with van der Waals surface area (Å²) in [5.41, 5.74) is 2.78. The normalized spacial score (nSPS) is 18.7. The van der Waals surface area contributed by atoms with Crippen molar-refractivity contribution in [3.63, 3.8) is 0 Å². The maximum absolute atomic E-state index is 5.75. The highest BCUT2D eigenvalue weighted by Gasteiger charge is 2.36. The Hall–Kier alpha value is -1.46. The van der Waals surface area contributed by atoms with E-state index in [0.29, 0.717) is 17.9 Å². The number of quaternary nitrogens is 1. The lowest BCUT2D eigenvalue weighted by molar-refractivity contribution is -0.917. The summed E-state index contributed by atoms with van der Waals surface area (Å²) < 4.78 is 5.36. The smallest absolute Gasteiger partial charge is 0.203 e. The molecule has 25 heavy (non-hydrogen) atoms. The van der Waals surface area contributed by atoms with Gasteiger partial charge in [-0.3, -0.25) is 0 Å². The first kappa shape index (κ1) is 17.0. The fraction of sp³-hybridized carbons (Fsp3) is 0.600. The molecule has 1 N–H and O–H groups in total. The number of benzene rings is 1. The molecular formula is C20H29N4S+. The van der Waals surface area contributed by atoms with Crippen molar-refractivity contribution in [3.05, 3.63) is 46.0 Å². The Balaban J connectivity index is 1.46. The van der Waals surface area contributed by atoms with Crippen molar-refractivity contribution in [2.24, 2.45) is 0 Å². The summed E-state index contributed by atoms with van der Waals surface area (Å²) in [5, 5.41) is 4.91. The third kappa shape index (κ3) is 3.72. The Morgan fingerprint density at radius 2 is 1.84 bits per heavy atom. The van der Waals surface area contributed by atoms with Gasteiger partial charge in [-0.05, 0) is 49.4 Å². The molecule has 1 unspecified atom stereocenters. The van der Waals surface area contributed by atoms with E-state index < -0.39 is 0 Å². The molecule has 1 aromatic heterocycles. The van der Waals surface area contributed by atoms with Crippen LogP contribution >= 0.6 is 12.2 Å². The van der Waals surface area contributed by atoms with Crippen LogP contribution in [-0.4, -0.2) is 21.4 Å². The summed E-state index contributed by atoms with van der Waals surface area (Å²) >= 11 is 5.75. The lowest BCUT2D eigenvalue weighted by Crippen LogP contribution is -3.07. The molecule has 2 aromatic rings. The fourth-order valence-electron chi connectivity index (χ4n) is 3.52. The molecule has 0 saturated heterocycles. The van der Waals surface area contributed by atoms with E-state index >= 15 is 0 Å². The highest BCUT2D eigenvalue weighted by Crippen LogP contribution is 2.44. The van der Waals surface area contributed by atoms with Gasteiger partial charge in [-0.25, -0.2) is 0 Å². The number of rotatable bonds is 7. The van der Waals surface area contributed by atoms with Gasteiger partial charge in [0.1, 0.15) is 12.4 Å². The molecule has 2 fully saturated rings. The van der Waals surface area contributed by atoms with Gasteiger partial charge in [-0.2, -0.15) is 9.78 Å². The van der Waals surface area contributed by atoms with Crippen LogP contribution in [0.5, 0.6) is 0 Å². The molecular weight excluding hydrogens is 328 g/mol. The molecule has 4 rings (SSSR count). The minimum Gasteiger partial charge on any atom is -0.315 e. The van der Waals surface area contributed by atoms with Gasteiger partial charge in [0.2, 0.25) is 4.77 Å². The highest BCUT2D eigenvalue weighted by atomic mass is 32.1. The topological polar surface area (TPSA) is 27.2 Å². The third-order valence-corrected chi connectivity index (χ3v) is 5.73. The van der Waals surface area contributed by atoms with Gasteiger partial charge in [0, 0.05) is 17.5 Å². The maximum Gasteiger partial charge on any atom is 0.203 e. The zero-order valence-corrected chi connectivity index (χ0v) is 16.4. The van der Waals surface area contributed by atoms with Crippen LogP contribution in [0.25, 0.3) is 0 Å². The van der Waals surface area contributed by atoms with Crippen molar-refractivity contribution in [2.45, 2.75) is 70.6 Å². The SMILES string of the molecule is CC(C)c1ccc(C[NH+](C)Cn2nc(C3CC3)n(C3CC3)c2=S)cc1. The summed E-state index contributed by atoms with van der Waals surface area (Å²) in [6.45, 7) is 6.31. The first-order valence-corrected chi connectivity index (χ1v) is 10.0. The van der Waals surface area contributed by atoms with Crippen LogP contribution in [0.4, 0.5) is 0 Å². The second-order valence-electron chi connectivity index (χ2n) is 8.20. The van der Waals surface area contributed by atoms with Gasteiger partial charge in [-0.1, -0.05) is 38.1 Å². The molecule has 2 aliphatic rings. The maximum atomic E-state index is 5.75. The van der Waals surface area contributed by atoms with Crippen molar-refractivity contribution in [3.8, 4) is 0 Å². The summed E-state index contributed by atoms with van der Waals surface area (Å²) in [4.78, 5) is 1.41. The number of hydrogen-bond acceptors (Lipinski definition) is 2. The first-order chi connectivity index (χ1) is 12.0. The van der Waals surface area contributed by atoms with E-state index in [0.717, 1.165) is 18.0 Å². The third-order valence-electron chi connectivity index (χ3n) is 5.32. The molecule has 4 nitrogen and oxygen atoms in total. The molecule has 0 aliphatic heterocycles. The zero-order valence-electron chi connectivity index (χ0n) is 15.5. The second kappa shape index (κ2) is 6.69. The van der Waals surface area contributed by atoms with E-state index in [9.17, 15) is 0 Å². The molecule has 0 bridgehead atoms. The summed E-state index contributed by atoms with van der Waals surface area (Å²) in [7, 11) is 2.23. The Morgan fingerprint density at radius 1 is 1.16 bits per heavy atom. The lowest BCUT2D eigenvalue weighted by atomic mass is 10.0. The van der Waals surface area contributed by atoms with Crippen LogP contribution in [0.15, 0.2) is 24.3 Å². The molecule has 0 radical (unpaired) electrons. The lowest BCUT2D eigenvalue weighted by Gasteiger charge is -2.14. The van der Waals surface area contributed by atoms with Crippen LogP contribution in [-0.2, 0) is 13.2 Å². The Kier molecular flexibility index (Phi) is 4.54. The summed E-state index contributed by atoms with van der Waals surface area (Å²) in [6.07, 6.45) is 5.10. The zero-order chi connectivity index (χ0) is 17.6. The number of hydrogen-bond donors (Lipinski definition) is 1. The van der Waals surface area contributed by atoms with Crippen LogP contribution in [0, 0.1) is 4.77 Å². The van der Waals surface area contributed by atoms with E-state index in [4.69, 9.17) is 17.3 Å². The molecule has 2 saturated carbocycles. The molecule has 5 heteroatoms. The van der Waals surface area contributed by atoms with E-state index in [-0.39, 0.29) is 0 Å². The fourth-order valence-corrected chi connectivity index (χ4v) is 3.86. The van der Waals surface area contributed by atoms with Gasteiger partial charge in [0.25, 0.3) is 0 Å². The largest absolute Gasteiger partial charge is 0.315 e. The van der Waals surface area contributed by atoms with Crippen molar-refractivity contribution < 1.29 is 4.90 Å². The highest BCUT2D eigenvalue weighted by molar-refractivity contribution is 7.71. The number of nitrogens with one attached hydrogen (secondary N) is 1. The van der Waals surface area contributed by atoms with E-state index in [1.807, 2.05) is 0 Å². The average Bonchev–Trinajstić information content (AvgIpc) is 3.48. The van der Waals surface area contributed by atoms with Gasteiger partial charge < -0.3 is 9.47 Å². The van der Waals surface area contributed by atoms with Crippen molar-refractivity contribution in [1.82, 2.24) is 14.3 Å². The number of aromatic nitrogens is 3. The van der Waals surface area contributed by atoms with E-state index in [1.165, 1.54) is 47.5 Å². The van der Waals surface area contributed by atoms with Crippen LogP contribution < -0.4 is 4.90 Å². The molecule has 1 heterocycles. The minimum atomic E-state index is 0.588. The Bertz CT molecular complexity index is 794. The molecule has 0 amide bonds. The van der Waals surface area contributed by atoms with Crippen molar-refractivity contribution in [1.29, 1.82) is 0 Å². The van der Waals surface area contributed by atoms with Crippen LogP contribution in [0.2, 0.25) is 0 Å². The standard InChI is InChI=1S/C20H28N4S/c1-14(2)16-6-4-15(5-7-16)12-22(3)13-23-20(25)24(18-10-11-18)19(21-23)17-8-9-17/h4-7,14,17-18H,8-13H2,1-3H3/p+1. The first-order valence-electron chi connectivity index (χ1n) is 9.62. The summed E-state index contributed by atoms with van der Waals surface area (Å²) in [5.74, 6) is 2.50. The van der Waals surface area contributed by atoms with E-state index in [2.05, 4.69) is 54.4 Å². The minimum absolute atomic E-state index is 0.588. The predicted molar refractivity (Wildman–Crippen MR) is 102 cm³/mol. The van der Waals surface area contributed by atoms with E-state index in [1.54, 1.807) is 0 Å². The van der Waals surface area contributed by atoms with Crippen LogP contribution in [0.3, 0.4) is 0 Å². The predicted octanol–water partition coefficient (Wildman–Crippen LogP) is 3.42. The number of nitrogens with zero attached hydrogens (tertiary/aromatic N) is 3. The van der Waals surface area contributed by atoms with Crippen LogP contribution in [0.1, 0.15) is 74.4 Å². The van der Waals surface area contributed by atoms with Gasteiger partial charge in [0.05, 0.1) is 7.05 Å². The summed E-state index contributed by atoms with van der Waals surface area (Å²) in [6, 6.07) is 9.66. The molecule has 1 aromatic carbocycles. The van der Waals surface area contributed by atoms with Gasteiger partial charge in [-0.15, -0.1) is 0 Å². The quantitative estimate of drug-likeness (QED) is 0.769. The van der Waals surface area contributed by atoms with Gasteiger partial charge in [0.15, 0.2) is 6.67 Å². The van der Waals surface area contributed by atoms with Crippen molar-refractivity contribution in [2.75, 3.05) is 7.05 Å². The monoisotopic (exact) mass is 357 g/mol. The molecule has 1 atom stereocenters. The van der Waals surface area contributed by atoms with Crippen molar-refractivity contribution >= 4 is 12.2 Å². The second-order valence-corrected chi connectivity index (χ2v) is 8.57.